The van der Waals surface area contributed by atoms with E-state index in [0.29, 0.717) is 11.5 Å². The van der Waals surface area contributed by atoms with Crippen LogP contribution in [0.4, 0.5) is 13.2 Å². The molecule has 1 amide bonds. The van der Waals surface area contributed by atoms with E-state index in [1.165, 1.54) is 0 Å². The Bertz CT molecular complexity index is 633. The van der Waals surface area contributed by atoms with E-state index in [2.05, 4.69) is 15.5 Å². The van der Waals surface area contributed by atoms with Gasteiger partial charge in [-0.2, -0.15) is 18.3 Å². The lowest BCUT2D eigenvalue weighted by Gasteiger charge is -2.09. The van der Waals surface area contributed by atoms with Crippen LogP contribution in [-0.4, -0.2) is 35.4 Å². The Morgan fingerprint density at radius 3 is 2.82 bits per heavy atom. The van der Waals surface area contributed by atoms with Crippen LogP contribution in [0.2, 0.25) is 0 Å². The lowest BCUT2D eigenvalue weighted by Crippen LogP contribution is -2.39. The number of hydrogen-bond donors (Lipinski definition) is 3. The van der Waals surface area contributed by atoms with Crippen molar-refractivity contribution in [1.82, 2.24) is 20.8 Å². The van der Waals surface area contributed by atoms with Crippen molar-refractivity contribution in [3.05, 3.63) is 29.7 Å². The van der Waals surface area contributed by atoms with Crippen molar-refractivity contribution in [2.24, 2.45) is 0 Å². The Labute approximate surface area is 124 Å². The van der Waals surface area contributed by atoms with Gasteiger partial charge in [-0.05, 0) is 19.1 Å². The van der Waals surface area contributed by atoms with E-state index in [-0.39, 0.29) is 13.1 Å². The Balaban J connectivity index is 1.83. The summed E-state index contributed by atoms with van der Waals surface area (Å²) in [7, 11) is 0. The van der Waals surface area contributed by atoms with Gasteiger partial charge in [-0.3, -0.25) is 9.89 Å². The summed E-state index contributed by atoms with van der Waals surface area (Å²) >= 11 is 0. The van der Waals surface area contributed by atoms with Gasteiger partial charge in [0.1, 0.15) is 18.0 Å². The second-order valence-corrected chi connectivity index (χ2v) is 4.68. The van der Waals surface area contributed by atoms with Gasteiger partial charge in [0.2, 0.25) is 5.91 Å². The van der Waals surface area contributed by atoms with Gasteiger partial charge in [0, 0.05) is 12.1 Å². The zero-order valence-electron chi connectivity index (χ0n) is 11.8. The predicted molar refractivity (Wildman–Crippen MR) is 71.8 cm³/mol. The first kappa shape index (κ1) is 16.1. The average Bonchev–Trinajstić information content (AvgIpc) is 3.04. The summed E-state index contributed by atoms with van der Waals surface area (Å²) in [6.45, 7) is 0.516. The van der Waals surface area contributed by atoms with E-state index in [1.807, 2.05) is 6.92 Å². The van der Waals surface area contributed by atoms with E-state index >= 15 is 0 Å². The molecule has 2 rings (SSSR count). The molecule has 0 saturated heterocycles. The largest absolute Gasteiger partial charge is 0.460 e. The molecule has 2 aromatic rings. The number of furan rings is 1. The van der Waals surface area contributed by atoms with Gasteiger partial charge in [-0.25, -0.2) is 0 Å². The molecule has 120 valence electrons. The maximum absolute atomic E-state index is 11.9. The summed E-state index contributed by atoms with van der Waals surface area (Å²) in [5.41, 5.74) is 1.41. The second kappa shape index (κ2) is 6.65. The predicted octanol–water partition coefficient (Wildman–Crippen LogP) is 1.75. The number of H-pyrrole nitrogens is 1. The summed E-state index contributed by atoms with van der Waals surface area (Å²) in [5.74, 6) is 0.625. The first-order valence-corrected chi connectivity index (χ1v) is 6.48. The number of alkyl halides is 3. The van der Waals surface area contributed by atoms with Gasteiger partial charge in [-0.15, -0.1) is 0 Å². The Kier molecular flexibility index (Phi) is 4.86. The number of nitrogens with zero attached hydrogens (tertiary/aromatic N) is 1. The SMILES string of the molecule is Cc1ccc(-c2[nH]ncc2CNCC(=O)NCC(F)(F)F)o1. The minimum atomic E-state index is -4.41. The fourth-order valence-corrected chi connectivity index (χ4v) is 1.80. The number of aryl methyl sites for hydroxylation is 1. The highest BCUT2D eigenvalue weighted by Crippen LogP contribution is 2.23. The first-order chi connectivity index (χ1) is 10.3. The van der Waals surface area contributed by atoms with Gasteiger partial charge in [0.25, 0.3) is 0 Å². The van der Waals surface area contributed by atoms with Crippen LogP contribution in [0.1, 0.15) is 11.3 Å². The van der Waals surface area contributed by atoms with Crippen LogP contribution in [0.5, 0.6) is 0 Å². The van der Waals surface area contributed by atoms with E-state index in [9.17, 15) is 18.0 Å². The number of carbonyl (C=O) groups is 1. The molecule has 0 radical (unpaired) electrons. The molecule has 22 heavy (non-hydrogen) atoms. The molecule has 6 nitrogen and oxygen atoms in total. The average molecular weight is 316 g/mol. The van der Waals surface area contributed by atoms with Gasteiger partial charge in [-0.1, -0.05) is 0 Å². The summed E-state index contributed by atoms with van der Waals surface area (Å²) in [6.07, 6.45) is -2.85. The van der Waals surface area contributed by atoms with Crippen molar-refractivity contribution in [2.45, 2.75) is 19.6 Å². The zero-order valence-corrected chi connectivity index (χ0v) is 11.8. The fraction of sp³-hybridized carbons (Fsp3) is 0.385. The third-order valence-corrected chi connectivity index (χ3v) is 2.79. The molecule has 9 heteroatoms. The van der Waals surface area contributed by atoms with Crippen LogP contribution in [0.15, 0.2) is 22.7 Å². The monoisotopic (exact) mass is 316 g/mol. The normalized spacial score (nSPS) is 11.6. The molecule has 0 saturated carbocycles. The quantitative estimate of drug-likeness (QED) is 0.758. The van der Waals surface area contributed by atoms with Crippen molar-refractivity contribution < 1.29 is 22.4 Å². The highest BCUT2D eigenvalue weighted by molar-refractivity contribution is 5.78. The van der Waals surface area contributed by atoms with Crippen molar-refractivity contribution >= 4 is 5.91 Å². The van der Waals surface area contributed by atoms with Gasteiger partial charge >= 0.3 is 6.18 Å². The number of nitrogens with one attached hydrogen (secondary N) is 3. The maximum Gasteiger partial charge on any atom is 0.405 e. The smallest absolute Gasteiger partial charge is 0.405 e. The van der Waals surface area contributed by atoms with Crippen molar-refractivity contribution in [1.29, 1.82) is 0 Å². The number of amides is 1. The van der Waals surface area contributed by atoms with Crippen LogP contribution >= 0.6 is 0 Å². The lowest BCUT2D eigenvalue weighted by atomic mass is 10.2. The van der Waals surface area contributed by atoms with E-state index in [4.69, 9.17) is 4.42 Å². The number of halogens is 3. The molecule has 2 heterocycles. The molecule has 0 aliphatic carbocycles. The lowest BCUT2D eigenvalue weighted by molar-refractivity contribution is -0.137. The zero-order chi connectivity index (χ0) is 16.2. The molecule has 2 aromatic heterocycles. The van der Waals surface area contributed by atoms with Gasteiger partial charge in [0.15, 0.2) is 5.76 Å². The number of aromatic amines is 1. The number of carbonyl (C=O) groups excluding carboxylic acids is 1. The second-order valence-electron chi connectivity index (χ2n) is 4.68. The molecule has 0 fully saturated rings. The Hall–Kier alpha value is -2.29. The molecular formula is C13H15F3N4O2. The minimum absolute atomic E-state index is 0.224. The third-order valence-electron chi connectivity index (χ3n) is 2.79. The van der Waals surface area contributed by atoms with E-state index in [0.717, 1.165) is 11.3 Å². The highest BCUT2D eigenvalue weighted by atomic mass is 19.4. The van der Waals surface area contributed by atoms with Crippen LogP contribution in [-0.2, 0) is 11.3 Å². The minimum Gasteiger partial charge on any atom is -0.460 e. The summed E-state index contributed by atoms with van der Waals surface area (Å²) < 4.78 is 41.3. The number of rotatable bonds is 6. The first-order valence-electron chi connectivity index (χ1n) is 6.48. The van der Waals surface area contributed by atoms with E-state index in [1.54, 1.807) is 23.6 Å². The van der Waals surface area contributed by atoms with Crippen LogP contribution in [0, 0.1) is 6.92 Å². The summed E-state index contributed by atoms with van der Waals surface area (Å²) in [6, 6.07) is 3.58. The third kappa shape index (κ3) is 4.62. The van der Waals surface area contributed by atoms with Gasteiger partial charge in [0.05, 0.1) is 12.7 Å². The summed E-state index contributed by atoms with van der Waals surface area (Å²) in [4.78, 5) is 11.3. The van der Waals surface area contributed by atoms with Crippen molar-refractivity contribution in [2.75, 3.05) is 13.1 Å². The van der Waals surface area contributed by atoms with Crippen LogP contribution < -0.4 is 10.6 Å². The maximum atomic E-state index is 11.9. The van der Waals surface area contributed by atoms with Crippen LogP contribution in [0.25, 0.3) is 11.5 Å². The standard InChI is InChI=1S/C13H15F3N4O2/c1-8-2-3-10(22-8)12-9(5-19-20-12)4-17-6-11(21)18-7-13(14,15)16/h2-3,5,17H,4,6-7H2,1H3,(H,18,21)(H,19,20). The highest BCUT2D eigenvalue weighted by Gasteiger charge is 2.27. The molecule has 0 aromatic carbocycles. The van der Waals surface area contributed by atoms with Crippen LogP contribution in [0.3, 0.4) is 0 Å². The molecule has 0 bridgehead atoms. The van der Waals surface area contributed by atoms with Crippen molar-refractivity contribution in [3.8, 4) is 11.5 Å². The topological polar surface area (TPSA) is 83.0 Å². The van der Waals surface area contributed by atoms with Crippen molar-refractivity contribution in [3.63, 3.8) is 0 Å². The molecule has 0 aliphatic heterocycles. The molecule has 0 spiro atoms. The Morgan fingerprint density at radius 1 is 1.41 bits per heavy atom. The Morgan fingerprint density at radius 2 is 2.18 bits per heavy atom. The molecule has 3 N–H and O–H groups in total. The molecule has 0 aliphatic rings. The fourth-order valence-electron chi connectivity index (χ4n) is 1.80. The number of aromatic nitrogens is 2. The molecule has 0 unspecified atom stereocenters. The molecule has 0 atom stereocenters. The number of hydrogen-bond acceptors (Lipinski definition) is 4. The summed E-state index contributed by atoms with van der Waals surface area (Å²) in [5, 5.41) is 11.2. The molecular weight excluding hydrogens is 301 g/mol. The van der Waals surface area contributed by atoms with E-state index < -0.39 is 18.6 Å². The van der Waals surface area contributed by atoms with Gasteiger partial charge < -0.3 is 15.1 Å².